The molecule has 0 radical (unpaired) electrons. The molecule has 1 aliphatic rings. The summed E-state index contributed by atoms with van der Waals surface area (Å²) in [6, 6.07) is -0.395. The molecule has 0 aromatic rings. The van der Waals surface area contributed by atoms with Gasteiger partial charge in [0.25, 0.3) is 0 Å². The number of terminal acetylenes is 1. The second-order valence-electron chi connectivity index (χ2n) is 3.72. The van der Waals surface area contributed by atoms with Gasteiger partial charge in [0.1, 0.15) is 0 Å². The van der Waals surface area contributed by atoms with Gasteiger partial charge in [-0.25, -0.2) is 4.79 Å². The Hall–Kier alpha value is -1.70. The Kier molecular flexibility index (Phi) is 3.56. The van der Waals surface area contributed by atoms with Gasteiger partial charge < -0.3 is 15.7 Å². The maximum Gasteiger partial charge on any atom is 0.315 e. The first-order valence-electron chi connectivity index (χ1n) is 4.79. The van der Waals surface area contributed by atoms with Gasteiger partial charge in [-0.05, 0) is 19.3 Å². The number of carbonyl (C=O) groups excluding carboxylic acids is 1. The molecule has 0 heterocycles. The molecule has 15 heavy (non-hydrogen) atoms. The van der Waals surface area contributed by atoms with E-state index in [1.807, 2.05) is 0 Å². The summed E-state index contributed by atoms with van der Waals surface area (Å²) >= 11 is 0. The van der Waals surface area contributed by atoms with Crippen molar-refractivity contribution < 1.29 is 14.7 Å². The van der Waals surface area contributed by atoms with Crippen LogP contribution in [0.4, 0.5) is 4.79 Å². The predicted molar refractivity (Wildman–Crippen MR) is 54.2 cm³/mol. The molecule has 1 rings (SSSR count). The standard InChI is InChI=1S/C10H14N2O3/c1-2-6-11-9(15)12-10(4-3-5-10)7-8(13)14/h1H,3-7H2,(H,13,14)(H2,11,12,15). The highest BCUT2D eigenvalue weighted by atomic mass is 16.4. The second kappa shape index (κ2) is 4.69. The lowest BCUT2D eigenvalue weighted by molar-refractivity contribution is -0.139. The summed E-state index contributed by atoms with van der Waals surface area (Å²) < 4.78 is 0. The highest BCUT2D eigenvalue weighted by Gasteiger charge is 2.40. The number of aliphatic carboxylic acids is 1. The van der Waals surface area contributed by atoms with Crippen LogP contribution in [0.5, 0.6) is 0 Å². The van der Waals surface area contributed by atoms with Crippen molar-refractivity contribution in [3.8, 4) is 12.3 Å². The molecule has 0 unspecified atom stereocenters. The largest absolute Gasteiger partial charge is 0.481 e. The van der Waals surface area contributed by atoms with Crippen LogP contribution in [-0.2, 0) is 4.79 Å². The van der Waals surface area contributed by atoms with Gasteiger partial charge in [0.15, 0.2) is 0 Å². The fraction of sp³-hybridized carbons (Fsp3) is 0.600. The molecule has 0 spiro atoms. The van der Waals surface area contributed by atoms with Crippen molar-refractivity contribution in [3.63, 3.8) is 0 Å². The Labute approximate surface area is 88.2 Å². The average molecular weight is 210 g/mol. The Balaban J connectivity index is 2.43. The molecule has 0 bridgehead atoms. The second-order valence-corrected chi connectivity index (χ2v) is 3.72. The lowest BCUT2D eigenvalue weighted by Gasteiger charge is -2.41. The third-order valence-electron chi connectivity index (χ3n) is 2.53. The monoisotopic (exact) mass is 210 g/mol. The first kappa shape index (κ1) is 11.4. The number of amides is 2. The summed E-state index contributed by atoms with van der Waals surface area (Å²) in [6.07, 6.45) is 7.32. The van der Waals surface area contributed by atoms with Gasteiger partial charge in [-0.1, -0.05) is 5.92 Å². The summed E-state index contributed by atoms with van der Waals surface area (Å²) in [5.74, 6) is 1.38. The van der Waals surface area contributed by atoms with Crippen molar-refractivity contribution in [1.82, 2.24) is 10.6 Å². The molecule has 1 aliphatic carbocycles. The van der Waals surface area contributed by atoms with Crippen LogP contribution >= 0.6 is 0 Å². The van der Waals surface area contributed by atoms with E-state index in [0.29, 0.717) is 12.8 Å². The first-order chi connectivity index (χ1) is 7.08. The molecule has 0 aliphatic heterocycles. The summed E-state index contributed by atoms with van der Waals surface area (Å²) in [6.45, 7) is 0.148. The summed E-state index contributed by atoms with van der Waals surface area (Å²) in [5, 5.41) is 13.8. The van der Waals surface area contributed by atoms with Crippen molar-refractivity contribution in [2.45, 2.75) is 31.2 Å². The molecular formula is C10H14N2O3. The number of carboxylic acid groups (broad SMARTS) is 1. The molecular weight excluding hydrogens is 196 g/mol. The van der Waals surface area contributed by atoms with E-state index in [2.05, 4.69) is 16.6 Å². The zero-order chi connectivity index (χ0) is 11.3. The van der Waals surface area contributed by atoms with Gasteiger partial charge in [0.2, 0.25) is 0 Å². The molecule has 5 nitrogen and oxygen atoms in total. The molecule has 5 heteroatoms. The van der Waals surface area contributed by atoms with E-state index in [0.717, 1.165) is 6.42 Å². The third-order valence-corrected chi connectivity index (χ3v) is 2.53. The van der Waals surface area contributed by atoms with Crippen LogP contribution in [0.1, 0.15) is 25.7 Å². The Bertz CT molecular complexity index is 302. The minimum Gasteiger partial charge on any atom is -0.481 e. The van der Waals surface area contributed by atoms with Crippen molar-refractivity contribution >= 4 is 12.0 Å². The first-order valence-corrected chi connectivity index (χ1v) is 4.79. The van der Waals surface area contributed by atoms with Crippen LogP contribution in [0.25, 0.3) is 0 Å². The van der Waals surface area contributed by atoms with Crippen molar-refractivity contribution in [1.29, 1.82) is 0 Å². The third kappa shape index (κ3) is 3.17. The Morgan fingerprint density at radius 2 is 2.13 bits per heavy atom. The molecule has 1 fully saturated rings. The normalized spacial score (nSPS) is 17.0. The van der Waals surface area contributed by atoms with E-state index in [4.69, 9.17) is 11.5 Å². The molecule has 0 aromatic heterocycles. The van der Waals surface area contributed by atoms with Crippen LogP contribution in [0.3, 0.4) is 0 Å². The topological polar surface area (TPSA) is 78.4 Å². The maximum absolute atomic E-state index is 11.3. The molecule has 0 atom stereocenters. The number of hydrogen-bond acceptors (Lipinski definition) is 2. The molecule has 1 saturated carbocycles. The lowest BCUT2D eigenvalue weighted by atomic mass is 9.74. The Morgan fingerprint density at radius 3 is 2.53 bits per heavy atom. The van der Waals surface area contributed by atoms with Crippen LogP contribution in [0, 0.1) is 12.3 Å². The number of carbonyl (C=O) groups is 2. The minimum atomic E-state index is -0.896. The van der Waals surface area contributed by atoms with Crippen molar-refractivity contribution in [3.05, 3.63) is 0 Å². The van der Waals surface area contributed by atoms with Crippen LogP contribution in [-0.4, -0.2) is 29.2 Å². The van der Waals surface area contributed by atoms with E-state index >= 15 is 0 Å². The van der Waals surface area contributed by atoms with Crippen molar-refractivity contribution in [2.75, 3.05) is 6.54 Å². The van der Waals surface area contributed by atoms with E-state index in [-0.39, 0.29) is 13.0 Å². The van der Waals surface area contributed by atoms with Crippen molar-refractivity contribution in [2.24, 2.45) is 0 Å². The van der Waals surface area contributed by atoms with E-state index in [1.54, 1.807) is 0 Å². The molecule has 3 N–H and O–H groups in total. The summed E-state index contributed by atoms with van der Waals surface area (Å²) in [7, 11) is 0. The summed E-state index contributed by atoms with van der Waals surface area (Å²) in [4.78, 5) is 21.9. The molecule has 82 valence electrons. The number of rotatable bonds is 4. The van der Waals surface area contributed by atoms with Gasteiger partial charge >= 0.3 is 12.0 Å². The highest BCUT2D eigenvalue weighted by Crippen LogP contribution is 2.34. The van der Waals surface area contributed by atoms with Gasteiger partial charge in [0, 0.05) is 0 Å². The molecule has 0 saturated heterocycles. The zero-order valence-corrected chi connectivity index (χ0v) is 8.38. The lowest BCUT2D eigenvalue weighted by Crippen LogP contribution is -2.57. The fourth-order valence-corrected chi connectivity index (χ4v) is 1.66. The quantitative estimate of drug-likeness (QED) is 0.584. The highest BCUT2D eigenvalue weighted by molar-refractivity contribution is 5.77. The van der Waals surface area contributed by atoms with Crippen LogP contribution in [0.2, 0.25) is 0 Å². The van der Waals surface area contributed by atoms with E-state index in [9.17, 15) is 9.59 Å². The average Bonchev–Trinajstić information content (AvgIpc) is 2.10. The smallest absolute Gasteiger partial charge is 0.315 e. The SMILES string of the molecule is C#CCNC(=O)NC1(CC(=O)O)CCC1. The van der Waals surface area contributed by atoms with Gasteiger partial charge in [-0.15, -0.1) is 6.42 Å². The van der Waals surface area contributed by atoms with Crippen LogP contribution < -0.4 is 10.6 Å². The van der Waals surface area contributed by atoms with Gasteiger partial charge in [-0.2, -0.15) is 0 Å². The van der Waals surface area contributed by atoms with E-state index in [1.165, 1.54) is 0 Å². The maximum atomic E-state index is 11.3. The predicted octanol–water partition coefficient (Wildman–Crippen LogP) is 0.316. The fourth-order valence-electron chi connectivity index (χ4n) is 1.66. The number of nitrogens with one attached hydrogen (secondary N) is 2. The van der Waals surface area contributed by atoms with E-state index < -0.39 is 17.5 Å². The molecule has 0 aromatic carbocycles. The summed E-state index contributed by atoms with van der Waals surface area (Å²) in [5.41, 5.74) is -0.565. The number of carboxylic acids is 1. The van der Waals surface area contributed by atoms with Gasteiger partial charge in [-0.3, -0.25) is 4.79 Å². The number of urea groups is 1. The molecule has 2 amide bonds. The van der Waals surface area contributed by atoms with Gasteiger partial charge in [0.05, 0.1) is 18.5 Å². The minimum absolute atomic E-state index is 0.0313. The van der Waals surface area contributed by atoms with Crippen LogP contribution in [0.15, 0.2) is 0 Å². The zero-order valence-electron chi connectivity index (χ0n) is 8.38. The Morgan fingerprint density at radius 1 is 1.47 bits per heavy atom. The number of hydrogen-bond donors (Lipinski definition) is 3.